The van der Waals surface area contributed by atoms with Crippen molar-refractivity contribution in [2.75, 3.05) is 6.61 Å². The van der Waals surface area contributed by atoms with Crippen LogP contribution in [0.5, 0.6) is 17.2 Å². The Bertz CT molecular complexity index is 746. The first kappa shape index (κ1) is 18.2. The van der Waals surface area contributed by atoms with Gasteiger partial charge in [0, 0.05) is 18.9 Å². The summed E-state index contributed by atoms with van der Waals surface area (Å²) < 4.78 is 15.4. The monoisotopic (exact) mass is 342 g/mol. The van der Waals surface area contributed by atoms with Crippen molar-refractivity contribution in [3.8, 4) is 17.2 Å². The summed E-state index contributed by atoms with van der Waals surface area (Å²) in [5.74, 6) is 0.458. The topological polar surface area (TPSA) is 78.9 Å². The van der Waals surface area contributed by atoms with Crippen LogP contribution in [0.3, 0.4) is 0 Å². The minimum atomic E-state index is -0.412. The third-order valence-electron chi connectivity index (χ3n) is 3.15. The smallest absolute Gasteiger partial charge is 0.308 e. The molecule has 0 radical (unpaired) electrons. The molecule has 0 aliphatic heterocycles. The summed E-state index contributed by atoms with van der Waals surface area (Å²) in [7, 11) is 0. The molecule has 0 aromatic heterocycles. The Hall–Kier alpha value is -3.15. The zero-order valence-corrected chi connectivity index (χ0v) is 14.0. The third-order valence-corrected chi connectivity index (χ3v) is 3.15. The number of benzene rings is 2. The van der Waals surface area contributed by atoms with Crippen molar-refractivity contribution in [1.29, 1.82) is 0 Å². The first-order valence-electron chi connectivity index (χ1n) is 7.73. The average Bonchev–Trinajstić information content (AvgIpc) is 2.61. The molecule has 0 saturated carbocycles. The Morgan fingerprint density at radius 3 is 1.88 bits per heavy atom. The molecule has 0 saturated heterocycles. The lowest BCUT2D eigenvalue weighted by atomic mass is 10.1. The molecule has 0 amide bonds. The molecular formula is C19H18O6. The third kappa shape index (κ3) is 5.76. The molecule has 0 unspecified atom stereocenters. The van der Waals surface area contributed by atoms with Crippen LogP contribution in [-0.4, -0.2) is 24.3 Å². The molecule has 6 heteroatoms. The molecule has 0 heterocycles. The highest BCUT2D eigenvalue weighted by molar-refractivity contribution is 5.98. The van der Waals surface area contributed by atoms with Gasteiger partial charge in [-0.3, -0.25) is 14.4 Å². The molecule has 2 aromatic carbocycles. The van der Waals surface area contributed by atoms with Gasteiger partial charge < -0.3 is 14.2 Å². The van der Waals surface area contributed by atoms with E-state index in [1.165, 1.54) is 6.92 Å². The lowest BCUT2D eigenvalue weighted by molar-refractivity contribution is -0.142. The quantitative estimate of drug-likeness (QED) is 0.435. The lowest BCUT2D eigenvalue weighted by Crippen LogP contribution is -2.13. The SMILES string of the molecule is CCC(=O)OCC(=O)c1ccc(Oc2ccc(OC(C)=O)cc2)cc1. The van der Waals surface area contributed by atoms with Crippen LogP contribution in [0.25, 0.3) is 0 Å². The van der Waals surface area contributed by atoms with E-state index in [2.05, 4.69) is 0 Å². The highest BCUT2D eigenvalue weighted by atomic mass is 16.5. The summed E-state index contributed by atoms with van der Waals surface area (Å²) in [6.07, 6.45) is 0.232. The van der Waals surface area contributed by atoms with Crippen molar-refractivity contribution in [3.05, 3.63) is 54.1 Å². The van der Waals surface area contributed by atoms with Crippen LogP contribution in [0.4, 0.5) is 0 Å². The number of carbonyl (C=O) groups excluding carboxylic acids is 3. The van der Waals surface area contributed by atoms with Crippen molar-refractivity contribution in [2.45, 2.75) is 20.3 Å². The van der Waals surface area contributed by atoms with Gasteiger partial charge in [-0.15, -0.1) is 0 Å². The number of ketones is 1. The van der Waals surface area contributed by atoms with Gasteiger partial charge in [0.05, 0.1) is 0 Å². The van der Waals surface area contributed by atoms with Gasteiger partial charge in [-0.2, -0.15) is 0 Å². The Kier molecular flexibility index (Phi) is 6.28. The first-order chi connectivity index (χ1) is 12.0. The second-order valence-corrected chi connectivity index (χ2v) is 5.13. The predicted octanol–water partition coefficient (Wildman–Crippen LogP) is 3.54. The fourth-order valence-corrected chi connectivity index (χ4v) is 1.92. The molecule has 0 N–H and O–H groups in total. The van der Waals surface area contributed by atoms with Gasteiger partial charge in [0.1, 0.15) is 17.2 Å². The molecule has 0 aliphatic carbocycles. The zero-order chi connectivity index (χ0) is 18.2. The first-order valence-corrected chi connectivity index (χ1v) is 7.73. The summed E-state index contributed by atoms with van der Waals surface area (Å²) in [5, 5.41) is 0. The average molecular weight is 342 g/mol. The summed E-state index contributed by atoms with van der Waals surface area (Å²) in [6, 6.07) is 13.1. The predicted molar refractivity (Wildman–Crippen MR) is 89.8 cm³/mol. The molecule has 0 aliphatic rings. The van der Waals surface area contributed by atoms with Crippen molar-refractivity contribution < 1.29 is 28.6 Å². The zero-order valence-electron chi connectivity index (χ0n) is 14.0. The van der Waals surface area contributed by atoms with Gasteiger partial charge in [-0.1, -0.05) is 6.92 Å². The summed E-state index contributed by atoms with van der Waals surface area (Å²) in [5.41, 5.74) is 0.432. The largest absolute Gasteiger partial charge is 0.457 e. The Labute approximate surface area is 145 Å². The fourth-order valence-electron chi connectivity index (χ4n) is 1.92. The van der Waals surface area contributed by atoms with Crippen LogP contribution >= 0.6 is 0 Å². The number of carbonyl (C=O) groups is 3. The maximum absolute atomic E-state index is 11.9. The van der Waals surface area contributed by atoms with Gasteiger partial charge in [-0.25, -0.2) is 0 Å². The van der Waals surface area contributed by atoms with E-state index >= 15 is 0 Å². The van der Waals surface area contributed by atoms with Crippen LogP contribution in [-0.2, 0) is 14.3 Å². The van der Waals surface area contributed by atoms with Gasteiger partial charge in [-0.05, 0) is 48.5 Å². The second-order valence-electron chi connectivity index (χ2n) is 5.13. The van der Waals surface area contributed by atoms with E-state index in [4.69, 9.17) is 14.2 Å². The molecule has 0 bridgehead atoms. The van der Waals surface area contributed by atoms with Gasteiger partial charge >= 0.3 is 11.9 Å². The van der Waals surface area contributed by atoms with Crippen molar-refractivity contribution in [2.24, 2.45) is 0 Å². The van der Waals surface area contributed by atoms with Gasteiger partial charge in [0.2, 0.25) is 0 Å². The molecule has 0 atom stereocenters. The van der Waals surface area contributed by atoms with E-state index in [0.717, 1.165) is 0 Å². The summed E-state index contributed by atoms with van der Waals surface area (Å²) >= 11 is 0. The number of ether oxygens (including phenoxy) is 3. The van der Waals surface area contributed by atoms with Crippen molar-refractivity contribution in [3.63, 3.8) is 0 Å². The van der Waals surface area contributed by atoms with Crippen molar-refractivity contribution >= 4 is 17.7 Å². The van der Waals surface area contributed by atoms with E-state index in [1.807, 2.05) is 0 Å². The molecule has 130 valence electrons. The van der Waals surface area contributed by atoms with E-state index in [-0.39, 0.29) is 18.8 Å². The Morgan fingerprint density at radius 1 is 0.840 bits per heavy atom. The number of rotatable bonds is 7. The van der Waals surface area contributed by atoms with Crippen LogP contribution in [0.2, 0.25) is 0 Å². The molecule has 25 heavy (non-hydrogen) atoms. The highest BCUT2D eigenvalue weighted by Crippen LogP contribution is 2.24. The number of hydrogen-bond donors (Lipinski definition) is 0. The number of esters is 2. The second kappa shape index (κ2) is 8.63. The normalized spacial score (nSPS) is 10.0. The van der Waals surface area contributed by atoms with E-state index in [1.54, 1.807) is 55.5 Å². The Morgan fingerprint density at radius 2 is 1.36 bits per heavy atom. The highest BCUT2D eigenvalue weighted by Gasteiger charge is 2.09. The van der Waals surface area contributed by atoms with Crippen LogP contribution in [0.1, 0.15) is 30.6 Å². The minimum Gasteiger partial charge on any atom is -0.457 e. The Balaban J connectivity index is 1.94. The number of hydrogen-bond acceptors (Lipinski definition) is 6. The summed E-state index contributed by atoms with van der Waals surface area (Å²) in [4.78, 5) is 33.8. The number of Topliss-reactive ketones (excluding diaryl/α,β-unsaturated/α-hetero) is 1. The minimum absolute atomic E-state index is 0.232. The van der Waals surface area contributed by atoms with Crippen LogP contribution in [0, 0.1) is 0 Å². The fraction of sp³-hybridized carbons (Fsp3) is 0.211. The molecule has 2 aromatic rings. The molecule has 0 spiro atoms. The molecule has 6 nitrogen and oxygen atoms in total. The lowest BCUT2D eigenvalue weighted by Gasteiger charge is -2.08. The van der Waals surface area contributed by atoms with Gasteiger partial charge in [0.15, 0.2) is 12.4 Å². The maximum Gasteiger partial charge on any atom is 0.308 e. The maximum atomic E-state index is 11.9. The molecule has 0 fully saturated rings. The van der Waals surface area contributed by atoms with Crippen LogP contribution < -0.4 is 9.47 Å². The van der Waals surface area contributed by atoms with Crippen LogP contribution in [0.15, 0.2) is 48.5 Å². The molecular weight excluding hydrogens is 324 g/mol. The summed E-state index contributed by atoms with van der Waals surface area (Å²) in [6.45, 7) is 2.72. The van der Waals surface area contributed by atoms with E-state index in [9.17, 15) is 14.4 Å². The van der Waals surface area contributed by atoms with Gasteiger partial charge in [0.25, 0.3) is 0 Å². The molecule has 2 rings (SSSR count). The standard InChI is InChI=1S/C19H18O6/c1-3-19(22)23-12-18(21)14-4-6-16(7-5-14)25-17-10-8-15(9-11-17)24-13(2)20/h4-11H,3,12H2,1-2H3. The van der Waals surface area contributed by atoms with Crippen molar-refractivity contribution in [1.82, 2.24) is 0 Å². The van der Waals surface area contributed by atoms with E-state index < -0.39 is 11.9 Å². The van der Waals surface area contributed by atoms with E-state index in [0.29, 0.717) is 22.8 Å².